The standard InChI is InChI=1S/C36H36F4NO5S2/c1-35(2,3)47(4)45-32(25-17-19-28(37)20-18-25)22-21-31-33(41(34(31)42)29-10-6-5-7-11-29)26-15-13-24(14-16-26)27-9-8-12-30(23-27)46-48(43,44)36(38,39)40/h5-20,23,31-33H,21-22H2,1-4H3/q+1/t31-,32+,33-,47?/m1/s1. The number of amides is 1. The van der Waals surface area contributed by atoms with Crippen molar-refractivity contribution < 1.29 is 39.1 Å². The van der Waals surface area contributed by atoms with E-state index in [0.29, 0.717) is 24.0 Å². The maximum atomic E-state index is 13.8. The van der Waals surface area contributed by atoms with Crippen molar-refractivity contribution in [3.63, 3.8) is 0 Å². The number of anilines is 1. The number of rotatable bonds is 11. The Hall–Kier alpha value is -3.87. The molecular formula is C36H36F4NO5S2+. The molecule has 0 bridgehead atoms. The van der Waals surface area contributed by atoms with E-state index in [9.17, 15) is 30.8 Å². The third kappa shape index (κ3) is 7.88. The number of carbonyl (C=O) groups is 1. The highest BCUT2D eigenvalue weighted by atomic mass is 32.2. The molecule has 0 aromatic heterocycles. The number of alkyl halides is 3. The molecule has 1 saturated heterocycles. The van der Waals surface area contributed by atoms with Gasteiger partial charge in [-0.25, -0.2) is 4.39 Å². The van der Waals surface area contributed by atoms with Crippen molar-refractivity contribution >= 4 is 32.9 Å². The van der Waals surface area contributed by atoms with Gasteiger partial charge in [-0.1, -0.05) is 66.7 Å². The minimum absolute atomic E-state index is 0.0322. The molecule has 254 valence electrons. The first-order valence-corrected chi connectivity index (χ1v) is 18.2. The first-order valence-electron chi connectivity index (χ1n) is 15.2. The summed E-state index contributed by atoms with van der Waals surface area (Å²) in [5.74, 6) is -1.21. The molecule has 1 fully saturated rings. The Balaban J connectivity index is 1.41. The molecule has 1 heterocycles. The molecule has 0 radical (unpaired) electrons. The van der Waals surface area contributed by atoms with Gasteiger partial charge in [-0.2, -0.15) is 25.8 Å². The summed E-state index contributed by atoms with van der Waals surface area (Å²) >= 11 is -0.432. The van der Waals surface area contributed by atoms with Crippen molar-refractivity contribution in [1.29, 1.82) is 0 Å². The van der Waals surface area contributed by atoms with Gasteiger partial charge in [0.1, 0.15) is 35.1 Å². The normalized spacial score (nSPS) is 18.2. The smallest absolute Gasteiger partial charge is 0.376 e. The number of para-hydroxylation sites is 1. The van der Waals surface area contributed by atoms with Gasteiger partial charge in [-0.05, 0) is 92.3 Å². The summed E-state index contributed by atoms with van der Waals surface area (Å²) in [6.45, 7) is 6.29. The van der Waals surface area contributed by atoms with E-state index in [1.54, 1.807) is 35.2 Å². The predicted molar refractivity (Wildman–Crippen MR) is 180 cm³/mol. The Labute approximate surface area is 281 Å². The molecule has 12 heteroatoms. The van der Waals surface area contributed by atoms with Crippen molar-refractivity contribution in [1.82, 2.24) is 0 Å². The molecule has 1 aliphatic heterocycles. The zero-order chi connectivity index (χ0) is 34.9. The lowest BCUT2D eigenvalue weighted by atomic mass is 9.78. The van der Waals surface area contributed by atoms with Crippen molar-refractivity contribution in [3.05, 3.63) is 120 Å². The van der Waals surface area contributed by atoms with Gasteiger partial charge < -0.3 is 9.08 Å². The Kier molecular flexibility index (Phi) is 10.3. The van der Waals surface area contributed by atoms with Crippen LogP contribution in [0.15, 0.2) is 103 Å². The maximum absolute atomic E-state index is 13.8. The molecule has 0 N–H and O–H groups in total. The summed E-state index contributed by atoms with van der Waals surface area (Å²) in [7, 11) is -5.82. The Bertz CT molecular complexity index is 1830. The summed E-state index contributed by atoms with van der Waals surface area (Å²) in [5.41, 5.74) is -2.06. The van der Waals surface area contributed by atoms with Crippen LogP contribution >= 0.6 is 0 Å². The maximum Gasteiger partial charge on any atom is 0.534 e. The van der Waals surface area contributed by atoms with Gasteiger partial charge in [0.25, 0.3) is 0 Å². The lowest BCUT2D eigenvalue weighted by molar-refractivity contribution is -0.131. The summed E-state index contributed by atoms with van der Waals surface area (Å²) < 4.78 is 86.1. The first kappa shape index (κ1) is 35.4. The quantitative estimate of drug-likeness (QED) is 0.0513. The Morgan fingerprint density at radius 3 is 2.10 bits per heavy atom. The van der Waals surface area contributed by atoms with Crippen LogP contribution in [0.25, 0.3) is 11.1 Å². The molecule has 0 saturated carbocycles. The number of hydrogen-bond donors (Lipinski definition) is 0. The van der Waals surface area contributed by atoms with E-state index in [1.165, 1.54) is 24.3 Å². The van der Waals surface area contributed by atoms with Gasteiger partial charge in [0.05, 0.1) is 12.0 Å². The van der Waals surface area contributed by atoms with Crippen molar-refractivity contribution in [2.45, 2.75) is 56.0 Å². The lowest BCUT2D eigenvalue weighted by Crippen LogP contribution is -2.55. The minimum atomic E-state index is -5.82. The molecule has 0 aliphatic carbocycles. The van der Waals surface area contributed by atoms with E-state index in [1.807, 2.05) is 48.7 Å². The molecule has 0 spiro atoms. The van der Waals surface area contributed by atoms with Crippen LogP contribution in [0.5, 0.6) is 5.75 Å². The van der Waals surface area contributed by atoms with Crippen molar-refractivity contribution in [2.75, 3.05) is 11.2 Å². The molecule has 4 aromatic rings. The molecule has 1 unspecified atom stereocenters. The topological polar surface area (TPSA) is 72.9 Å². The molecule has 4 atom stereocenters. The van der Waals surface area contributed by atoms with Crippen LogP contribution in [0.1, 0.15) is 56.9 Å². The zero-order valence-electron chi connectivity index (χ0n) is 26.8. The van der Waals surface area contributed by atoms with Crippen LogP contribution in [0.2, 0.25) is 0 Å². The largest absolute Gasteiger partial charge is 0.534 e. The molecule has 1 aliphatic rings. The molecular weight excluding hydrogens is 667 g/mol. The number of hydrogen-bond acceptors (Lipinski definition) is 5. The van der Waals surface area contributed by atoms with E-state index in [-0.39, 0.29) is 34.5 Å². The van der Waals surface area contributed by atoms with Gasteiger partial charge in [0.15, 0.2) is 4.75 Å². The average molecular weight is 703 g/mol. The fourth-order valence-corrected chi connectivity index (χ4v) is 6.76. The monoisotopic (exact) mass is 702 g/mol. The molecule has 5 rings (SSSR count). The Morgan fingerprint density at radius 1 is 0.854 bits per heavy atom. The molecule has 4 aromatic carbocycles. The minimum Gasteiger partial charge on any atom is -0.376 e. The number of β-lactam (4-membered cyclic amide) rings is 1. The van der Waals surface area contributed by atoms with Crippen LogP contribution in [-0.4, -0.2) is 30.8 Å². The van der Waals surface area contributed by atoms with Crippen LogP contribution in [-0.2, 0) is 30.3 Å². The van der Waals surface area contributed by atoms with Crippen LogP contribution < -0.4 is 9.08 Å². The first-order chi connectivity index (χ1) is 22.5. The van der Waals surface area contributed by atoms with Crippen LogP contribution in [0, 0.1) is 11.7 Å². The fourth-order valence-electron chi connectivity index (χ4n) is 5.46. The third-order valence-electron chi connectivity index (χ3n) is 8.26. The fraction of sp³-hybridized carbons (Fsp3) is 0.306. The van der Waals surface area contributed by atoms with E-state index in [0.717, 1.165) is 22.9 Å². The van der Waals surface area contributed by atoms with Crippen LogP contribution in [0.3, 0.4) is 0 Å². The number of benzene rings is 4. The van der Waals surface area contributed by atoms with Gasteiger partial charge in [0, 0.05) is 5.69 Å². The van der Waals surface area contributed by atoms with E-state index in [4.69, 9.17) is 4.18 Å². The van der Waals surface area contributed by atoms with E-state index < -0.39 is 32.6 Å². The number of nitrogens with zero attached hydrogens (tertiary/aromatic N) is 1. The second-order valence-corrected chi connectivity index (χ2v) is 16.4. The van der Waals surface area contributed by atoms with Gasteiger partial charge in [-0.3, -0.25) is 4.79 Å². The van der Waals surface area contributed by atoms with Gasteiger partial charge in [-0.15, -0.1) is 0 Å². The van der Waals surface area contributed by atoms with E-state index in [2.05, 4.69) is 25.0 Å². The van der Waals surface area contributed by atoms with Crippen LogP contribution in [0.4, 0.5) is 23.2 Å². The second kappa shape index (κ2) is 13.9. The highest BCUT2D eigenvalue weighted by Gasteiger charge is 2.50. The van der Waals surface area contributed by atoms with Gasteiger partial charge in [0.2, 0.25) is 5.91 Å². The summed E-state index contributed by atoms with van der Waals surface area (Å²) in [4.78, 5) is 15.5. The molecule has 48 heavy (non-hydrogen) atoms. The van der Waals surface area contributed by atoms with Crippen molar-refractivity contribution in [2.24, 2.45) is 5.92 Å². The highest BCUT2D eigenvalue weighted by molar-refractivity contribution is 7.93. The number of carbonyl (C=O) groups excluding carboxylic acids is 1. The highest BCUT2D eigenvalue weighted by Crippen LogP contribution is 2.47. The average Bonchev–Trinajstić information content (AvgIpc) is 3.03. The molecule has 1 amide bonds. The molecule has 6 nitrogen and oxygen atoms in total. The number of halogens is 4. The summed E-state index contributed by atoms with van der Waals surface area (Å²) in [5, 5.41) is 0. The van der Waals surface area contributed by atoms with Crippen molar-refractivity contribution in [3.8, 4) is 16.9 Å². The third-order valence-corrected chi connectivity index (χ3v) is 11.5. The van der Waals surface area contributed by atoms with E-state index >= 15 is 0 Å². The summed E-state index contributed by atoms with van der Waals surface area (Å²) in [6, 6.07) is 27.9. The predicted octanol–water partition coefficient (Wildman–Crippen LogP) is 8.92. The van der Waals surface area contributed by atoms with Gasteiger partial charge >= 0.3 is 15.6 Å². The SMILES string of the molecule is C[S+](O[C@@H](CC[C@H]1C(=O)N(c2ccccc2)[C@@H]1c1ccc(-c2cccc(OS(=O)(=O)C(F)(F)F)c2)cc1)c1ccc(F)cc1)C(C)(C)C. The zero-order valence-corrected chi connectivity index (χ0v) is 28.4. The summed E-state index contributed by atoms with van der Waals surface area (Å²) in [6.07, 6.45) is 2.71. The lowest BCUT2D eigenvalue weighted by Gasteiger charge is -2.48. The second-order valence-electron chi connectivity index (χ2n) is 12.5. The Morgan fingerprint density at radius 2 is 1.50 bits per heavy atom.